The number of para-hydroxylation sites is 1. The normalized spacial score (nSPS) is 17.1. The smallest absolute Gasteiger partial charge is 0.328 e. The number of carbonyl (C=O) groups excluding carboxylic acids is 1. The third-order valence-electron chi connectivity index (χ3n) is 4.64. The SMILES string of the molecule is CCN(C[C@@H]1CCCO1)C(=O)CCn1c(=O)[nH]c(=O)c2ccccc21. The molecule has 1 amide bonds. The van der Waals surface area contributed by atoms with Crippen molar-refractivity contribution in [3.63, 3.8) is 0 Å². The molecule has 1 aliphatic heterocycles. The number of aromatic nitrogens is 2. The van der Waals surface area contributed by atoms with Gasteiger partial charge in [0.1, 0.15) is 0 Å². The fourth-order valence-electron chi connectivity index (χ4n) is 3.27. The Morgan fingerprint density at radius 1 is 1.36 bits per heavy atom. The second-order valence-corrected chi connectivity index (χ2v) is 6.25. The van der Waals surface area contributed by atoms with Gasteiger partial charge in [-0.1, -0.05) is 12.1 Å². The first kappa shape index (κ1) is 17.4. The number of hydrogen-bond acceptors (Lipinski definition) is 4. The Morgan fingerprint density at radius 2 is 2.16 bits per heavy atom. The van der Waals surface area contributed by atoms with E-state index in [2.05, 4.69) is 4.98 Å². The Labute approximate surface area is 145 Å². The van der Waals surface area contributed by atoms with Gasteiger partial charge in [0.25, 0.3) is 5.56 Å². The van der Waals surface area contributed by atoms with Crippen LogP contribution in [0, 0.1) is 0 Å². The number of likely N-dealkylation sites (N-methyl/N-ethyl adjacent to an activating group) is 1. The van der Waals surface area contributed by atoms with Crippen LogP contribution in [-0.4, -0.2) is 46.2 Å². The van der Waals surface area contributed by atoms with Gasteiger partial charge in [-0.2, -0.15) is 0 Å². The molecule has 1 fully saturated rings. The molecule has 0 bridgehead atoms. The van der Waals surface area contributed by atoms with E-state index in [1.54, 1.807) is 29.2 Å². The van der Waals surface area contributed by atoms with E-state index in [1.165, 1.54) is 4.57 Å². The van der Waals surface area contributed by atoms with Crippen LogP contribution in [0.25, 0.3) is 10.9 Å². The zero-order valence-corrected chi connectivity index (χ0v) is 14.4. The Morgan fingerprint density at radius 3 is 2.88 bits per heavy atom. The summed E-state index contributed by atoms with van der Waals surface area (Å²) in [5.74, 6) is -0.0137. The Bertz CT molecular complexity index is 864. The molecule has 0 saturated carbocycles. The maximum absolute atomic E-state index is 12.5. The van der Waals surface area contributed by atoms with Gasteiger partial charge in [0.2, 0.25) is 5.91 Å². The third-order valence-corrected chi connectivity index (χ3v) is 4.64. The van der Waals surface area contributed by atoms with E-state index in [0.29, 0.717) is 24.0 Å². The maximum atomic E-state index is 12.5. The summed E-state index contributed by atoms with van der Waals surface area (Å²) in [5.41, 5.74) is -0.346. The summed E-state index contributed by atoms with van der Waals surface area (Å²) in [5, 5.41) is 0.446. The zero-order chi connectivity index (χ0) is 17.8. The highest BCUT2D eigenvalue weighted by atomic mass is 16.5. The summed E-state index contributed by atoms with van der Waals surface area (Å²) in [6, 6.07) is 6.91. The van der Waals surface area contributed by atoms with Gasteiger partial charge in [-0.15, -0.1) is 0 Å². The van der Waals surface area contributed by atoms with E-state index in [4.69, 9.17) is 4.74 Å². The molecule has 7 nitrogen and oxygen atoms in total. The molecule has 0 unspecified atom stereocenters. The number of ether oxygens (including phenoxy) is 1. The van der Waals surface area contributed by atoms with E-state index in [-0.39, 0.29) is 25.0 Å². The van der Waals surface area contributed by atoms with Gasteiger partial charge in [0.05, 0.1) is 17.0 Å². The minimum absolute atomic E-state index is 0.0137. The highest BCUT2D eigenvalue weighted by Gasteiger charge is 2.21. The lowest BCUT2D eigenvalue weighted by Gasteiger charge is -2.24. The van der Waals surface area contributed by atoms with Crippen molar-refractivity contribution in [1.82, 2.24) is 14.5 Å². The van der Waals surface area contributed by atoms with Gasteiger partial charge in [-0.3, -0.25) is 19.1 Å². The molecule has 1 atom stereocenters. The Balaban J connectivity index is 1.74. The minimum atomic E-state index is -0.487. The van der Waals surface area contributed by atoms with Crippen molar-refractivity contribution in [3.05, 3.63) is 45.1 Å². The molecular weight excluding hydrogens is 322 g/mol. The van der Waals surface area contributed by atoms with Crippen molar-refractivity contribution >= 4 is 16.8 Å². The molecule has 1 saturated heterocycles. The quantitative estimate of drug-likeness (QED) is 0.850. The average molecular weight is 345 g/mol. The molecule has 2 aromatic rings. The highest BCUT2D eigenvalue weighted by molar-refractivity contribution is 5.79. The fourth-order valence-corrected chi connectivity index (χ4v) is 3.27. The van der Waals surface area contributed by atoms with Gasteiger partial charge in [-0.25, -0.2) is 4.79 Å². The topological polar surface area (TPSA) is 84.4 Å². The summed E-state index contributed by atoms with van der Waals surface area (Å²) < 4.78 is 7.05. The van der Waals surface area contributed by atoms with Crippen LogP contribution in [0.5, 0.6) is 0 Å². The first-order valence-corrected chi connectivity index (χ1v) is 8.71. The van der Waals surface area contributed by atoms with E-state index in [0.717, 1.165) is 19.4 Å². The number of nitrogens with one attached hydrogen (secondary N) is 1. The largest absolute Gasteiger partial charge is 0.376 e. The lowest BCUT2D eigenvalue weighted by Crippen LogP contribution is -2.38. The number of rotatable bonds is 6. The van der Waals surface area contributed by atoms with Gasteiger partial charge in [0, 0.05) is 32.7 Å². The average Bonchev–Trinajstić information content (AvgIpc) is 3.12. The lowest BCUT2D eigenvalue weighted by molar-refractivity contribution is -0.132. The van der Waals surface area contributed by atoms with Gasteiger partial charge in [-0.05, 0) is 31.9 Å². The van der Waals surface area contributed by atoms with Crippen molar-refractivity contribution in [2.45, 2.75) is 38.8 Å². The van der Waals surface area contributed by atoms with Crippen LogP contribution in [0.15, 0.2) is 33.9 Å². The van der Waals surface area contributed by atoms with Crippen LogP contribution in [-0.2, 0) is 16.1 Å². The lowest BCUT2D eigenvalue weighted by atomic mass is 10.2. The maximum Gasteiger partial charge on any atom is 0.328 e. The Hall–Kier alpha value is -2.41. The molecule has 1 aliphatic rings. The van der Waals surface area contributed by atoms with E-state index in [9.17, 15) is 14.4 Å². The summed E-state index contributed by atoms with van der Waals surface area (Å²) in [6.07, 6.45) is 2.33. The summed E-state index contributed by atoms with van der Waals surface area (Å²) in [7, 11) is 0. The molecular formula is C18H23N3O4. The minimum Gasteiger partial charge on any atom is -0.376 e. The number of benzene rings is 1. The summed E-state index contributed by atoms with van der Waals surface area (Å²) >= 11 is 0. The molecule has 1 N–H and O–H groups in total. The van der Waals surface area contributed by atoms with Crippen molar-refractivity contribution in [1.29, 1.82) is 0 Å². The molecule has 1 aromatic heterocycles. The standard InChI is InChI=1S/C18H23N3O4/c1-2-20(12-13-6-5-11-25-13)16(22)9-10-21-15-8-4-3-7-14(15)17(23)19-18(21)24/h3-4,7-8,13H,2,5-6,9-12H2,1H3,(H,19,23,24)/t13-/m0/s1. The monoisotopic (exact) mass is 345 g/mol. The van der Waals surface area contributed by atoms with Crippen molar-refractivity contribution < 1.29 is 9.53 Å². The first-order chi connectivity index (χ1) is 12.1. The molecule has 134 valence electrons. The number of amides is 1. The molecule has 25 heavy (non-hydrogen) atoms. The zero-order valence-electron chi connectivity index (χ0n) is 14.4. The van der Waals surface area contributed by atoms with Crippen LogP contribution < -0.4 is 11.2 Å². The van der Waals surface area contributed by atoms with Crippen molar-refractivity contribution in [2.24, 2.45) is 0 Å². The van der Waals surface area contributed by atoms with E-state index in [1.807, 2.05) is 6.92 Å². The van der Waals surface area contributed by atoms with Gasteiger partial charge >= 0.3 is 5.69 Å². The second kappa shape index (κ2) is 7.65. The van der Waals surface area contributed by atoms with Crippen LogP contribution in [0.1, 0.15) is 26.2 Å². The second-order valence-electron chi connectivity index (χ2n) is 6.25. The third kappa shape index (κ3) is 3.82. The molecule has 0 radical (unpaired) electrons. The molecule has 2 heterocycles. The van der Waals surface area contributed by atoms with Gasteiger partial charge < -0.3 is 9.64 Å². The van der Waals surface area contributed by atoms with E-state index >= 15 is 0 Å². The van der Waals surface area contributed by atoms with Crippen molar-refractivity contribution in [3.8, 4) is 0 Å². The van der Waals surface area contributed by atoms with Crippen LogP contribution in [0.3, 0.4) is 0 Å². The molecule has 0 spiro atoms. The van der Waals surface area contributed by atoms with Crippen molar-refractivity contribution in [2.75, 3.05) is 19.7 Å². The number of aryl methyl sites for hydroxylation is 1. The summed E-state index contributed by atoms with van der Waals surface area (Å²) in [6.45, 7) is 4.14. The number of hydrogen-bond donors (Lipinski definition) is 1. The molecule has 1 aromatic carbocycles. The predicted octanol–water partition coefficient (Wildman–Crippen LogP) is 1.11. The molecule has 3 rings (SSSR count). The number of carbonyl (C=O) groups is 1. The predicted molar refractivity (Wildman–Crippen MR) is 94.7 cm³/mol. The number of aromatic amines is 1. The first-order valence-electron chi connectivity index (χ1n) is 8.71. The van der Waals surface area contributed by atoms with Crippen LogP contribution >= 0.6 is 0 Å². The van der Waals surface area contributed by atoms with Crippen LogP contribution in [0.4, 0.5) is 0 Å². The highest BCUT2D eigenvalue weighted by Crippen LogP contribution is 2.14. The molecule has 7 heteroatoms. The summed E-state index contributed by atoms with van der Waals surface area (Å²) in [4.78, 5) is 40.6. The number of nitrogens with zero attached hydrogens (tertiary/aromatic N) is 2. The molecule has 0 aliphatic carbocycles. The van der Waals surface area contributed by atoms with Gasteiger partial charge in [0.15, 0.2) is 0 Å². The number of fused-ring (bicyclic) bond motifs is 1. The Kier molecular flexibility index (Phi) is 5.33. The van der Waals surface area contributed by atoms with Crippen LogP contribution in [0.2, 0.25) is 0 Å². The van der Waals surface area contributed by atoms with E-state index < -0.39 is 11.2 Å². The fraction of sp³-hybridized carbons (Fsp3) is 0.500. The number of H-pyrrole nitrogens is 1.